The minimum Gasteiger partial charge on any atom is -0.396 e. The summed E-state index contributed by atoms with van der Waals surface area (Å²) in [5.41, 5.74) is 3.79. The van der Waals surface area contributed by atoms with Gasteiger partial charge in [0.25, 0.3) is 0 Å². The molecule has 1 N–H and O–H groups in total. The summed E-state index contributed by atoms with van der Waals surface area (Å²) in [4.78, 5) is 2.36. The zero-order chi connectivity index (χ0) is 11.4. The van der Waals surface area contributed by atoms with Crippen molar-refractivity contribution in [1.29, 1.82) is 0 Å². The second kappa shape index (κ2) is 5.32. The van der Waals surface area contributed by atoms with Crippen LogP contribution in [0.15, 0.2) is 18.2 Å². The fourth-order valence-electron chi connectivity index (χ4n) is 2.16. The van der Waals surface area contributed by atoms with Gasteiger partial charge in [0.1, 0.15) is 0 Å². The average Bonchev–Trinajstić information content (AvgIpc) is 2.31. The van der Waals surface area contributed by atoms with E-state index in [1.54, 1.807) is 0 Å². The van der Waals surface area contributed by atoms with E-state index in [1.807, 2.05) is 0 Å². The average molecular weight is 221 g/mol. The number of rotatable bonds is 3. The van der Waals surface area contributed by atoms with Gasteiger partial charge in [-0.2, -0.15) is 0 Å². The van der Waals surface area contributed by atoms with E-state index in [-0.39, 0.29) is 6.61 Å². The van der Waals surface area contributed by atoms with Gasteiger partial charge in [-0.25, -0.2) is 0 Å². The zero-order valence-electron chi connectivity index (χ0n) is 9.78. The van der Waals surface area contributed by atoms with Crippen LogP contribution in [0.1, 0.15) is 11.1 Å². The van der Waals surface area contributed by atoms with Gasteiger partial charge in [0.05, 0.1) is 13.2 Å². The van der Waals surface area contributed by atoms with Crippen LogP contribution in [0, 0.1) is 6.92 Å². The van der Waals surface area contributed by atoms with E-state index >= 15 is 0 Å². The first-order valence-electron chi connectivity index (χ1n) is 5.84. The Morgan fingerprint density at radius 3 is 2.69 bits per heavy atom. The van der Waals surface area contributed by atoms with E-state index < -0.39 is 0 Å². The number of morpholine rings is 1. The Hall–Kier alpha value is -1.06. The van der Waals surface area contributed by atoms with E-state index in [1.165, 1.54) is 16.8 Å². The summed E-state index contributed by atoms with van der Waals surface area (Å²) < 4.78 is 5.35. The number of aliphatic hydroxyl groups is 1. The summed E-state index contributed by atoms with van der Waals surface area (Å²) in [5.74, 6) is 0. The van der Waals surface area contributed by atoms with Crippen molar-refractivity contribution in [3.8, 4) is 0 Å². The number of ether oxygens (including phenoxy) is 1. The molecule has 1 aromatic rings. The van der Waals surface area contributed by atoms with Crippen LogP contribution in [0.4, 0.5) is 5.69 Å². The number of aryl methyl sites for hydroxylation is 1. The number of anilines is 1. The molecule has 0 radical (unpaired) electrons. The van der Waals surface area contributed by atoms with Crippen LogP contribution in [0.5, 0.6) is 0 Å². The molecule has 0 saturated carbocycles. The standard InChI is InChI=1S/C13H19NO2/c1-11-10-12(4-7-15)2-3-13(11)14-5-8-16-9-6-14/h2-3,10,15H,4-9H2,1H3. The third kappa shape index (κ3) is 2.54. The maximum absolute atomic E-state index is 8.90. The van der Waals surface area contributed by atoms with Crippen molar-refractivity contribution in [2.75, 3.05) is 37.8 Å². The summed E-state index contributed by atoms with van der Waals surface area (Å²) in [6.07, 6.45) is 0.740. The minimum atomic E-state index is 0.219. The monoisotopic (exact) mass is 221 g/mol. The summed E-state index contributed by atoms with van der Waals surface area (Å²) >= 11 is 0. The number of hydrogen-bond acceptors (Lipinski definition) is 3. The lowest BCUT2D eigenvalue weighted by Crippen LogP contribution is -2.36. The van der Waals surface area contributed by atoms with Gasteiger partial charge in [0, 0.05) is 25.4 Å². The molecule has 0 atom stereocenters. The summed E-state index contributed by atoms with van der Waals surface area (Å²) in [6, 6.07) is 6.43. The first-order chi connectivity index (χ1) is 7.81. The highest BCUT2D eigenvalue weighted by Crippen LogP contribution is 2.22. The Balaban J connectivity index is 2.14. The predicted octanol–water partition coefficient (Wildman–Crippen LogP) is 1.37. The van der Waals surface area contributed by atoms with Gasteiger partial charge in [0.15, 0.2) is 0 Å². The first kappa shape index (κ1) is 11.4. The fourth-order valence-corrected chi connectivity index (χ4v) is 2.16. The van der Waals surface area contributed by atoms with Crippen LogP contribution in [0.25, 0.3) is 0 Å². The molecule has 0 aromatic heterocycles. The normalized spacial score (nSPS) is 16.5. The minimum absolute atomic E-state index is 0.219. The molecule has 88 valence electrons. The molecule has 1 aromatic carbocycles. The van der Waals surface area contributed by atoms with Crippen LogP contribution < -0.4 is 4.90 Å². The molecule has 16 heavy (non-hydrogen) atoms. The van der Waals surface area contributed by atoms with Gasteiger partial charge < -0.3 is 14.7 Å². The second-order valence-corrected chi connectivity index (χ2v) is 4.19. The van der Waals surface area contributed by atoms with Crippen molar-refractivity contribution in [3.05, 3.63) is 29.3 Å². The molecular weight excluding hydrogens is 202 g/mol. The smallest absolute Gasteiger partial charge is 0.0642 e. The van der Waals surface area contributed by atoms with E-state index in [2.05, 4.69) is 30.0 Å². The lowest BCUT2D eigenvalue weighted by atomic mass is 10.1. The van der Waals surface area contributed by atoms with Crippen molar-refractivity contribution in [1.82, 2.24) is 0 Å². The van der Waals surface area contributed by atoms with Crippen LogP contribution in [0.3, 0.4) is 0 Å². The summed E-state index contributed by atoms with van der Waals surface area (Å²) in [6.45, 7) is 5.93. The van der Waals surface area contributed by atoms with Crippen molar-refractivity contribution >= 4 is 5.69 Å². The Bertz CT molecular complexity index is 346. The molecule has 1 heterocycles. The van der Waals surface area contributed by atoms with Crippen LogP contribution in [-0.2, 0) is 11.2 Å². The highest BCUT2D eigenvalue weighted by Gasteiger charge is 2.12. The van der Waals surface area contributed by atoms with Crippen LogP contribution in [0.2, 0.25) is 0 Å². The fraction of sp³-hybridized carbons (Fsp3) is 0.538. The molecule has 0 amide bonds. The number of aliphatic hydroxyl groups excluding tert-OH is 1. The van der Waals surface area contributed by atoms with Crippen molar-refractivity contribution in [2.24, 2.45) is 0 Å². The van der Waals surface area contributed by atoms with Gasteiger partial charge in [-0.1, -0.05) is 12.1 Å². The van der Waals surface area contributed by atoms with Crippen molar-refractivity contribution in [3.63, 3.8) is 0 Å². The molecule has 1 saturated heterocycles. The van der Waals surface area contributed by atoms with Gasteiger partial charge in [-0.15, -0.1) is 0 Å². The van der Waals surface area contributed by atoms with Crippen LogP contribution >= 0.6 is 0 Å². The van der Waals surface area contributed by atoms with Gasteiger partial charge in [-0.3, -0.25) is 0 Å². The molecule has 1 fully saturated rings. The SMILES string of the molecule is Cc1cc(CCO)ccc1N1CCOCC1. The number of hydrogen-bond donors (Lipinski definition) is 1. The number of benzene rings is 1. The molecule has 0 spiro atoms. The highest BCUT2D eigenvalue weighted by molar-refractivity contribution is 5.54. The molecule has 2 rings (SSSR count). The molecule has 1 aliphatic rings. The Kier molecular flexibility index (Phi) is 3.80. The van der Waals surface area contributed by atoms with E-state index in [9.17, 15) is 0 Å². The maximum atomic E-state index is 8.90. The van der Waals surface area contributed by atoms with E-state index in [0.29, 0.717) is 0 Å². The molecule has 3 heteroatoms. The van der Waals surface area contributed by atoms with Crippen molar-refractivity contribution in [2.45, 2.75) is 13.3 Å². The molecule has 3 nitrogen and oxygen atoms in total. The van der Waals surface area contributed by atoms with E-state index in [0.717, 1.165) is 32.7 Å². The third-order valence-electron chi connectivity index (χ3n) is 3.01. The van der Waals surface area contributed by atoms with Crippen molar-refractivity contribution < 1.29 is 9.84 Å². The largest absolute Gasteiger partial charge is 0.396 e. The predicted molar refractivity (Wildman–Crippen MR) is 65.0 cm³/mol. The summed E-state index contributed by atoms with van der Waals surface area (Å²) in [5, 5.41) is 8.90. The molecule has 1 aliphatic heterocycles. The third-order valence-corrected chi connectivity index (χ3v) is 3.01. The topological polar surface area (TPSA) is 32.7 Å². The van der Waals surface area contributed by atoms with Gasteiger partial charge in [-0.05, 0) is 30.5 Å². The van der Waals surface area contributed by atoms with E-state index in [4.69, 9.17) is 9.84 Å². The van der Waals surface area contributed by atoms with Gasteiger partial charge >= 0.3 is 0 Å². The number of nitrogens with zero attached hydrogens (tertiary/aromatic N) is 1. The second-order valence-electron chi connectivity index (χ2n) is 4.19. The quantitative estimate of drug-likeness (QED) is 0.836. The Morgan fingerprint density at radius 2 is 2.06 bits per heavy atom. The Morgan fingerprint density at radius 1 is 1.31 bits per heavy atom. The first-order valence-corrected chi connectivity index (χ1v) is 5.84. The molecule has 0 aliphatic carbocycles. The maximum Gasteiger partial charge on any atom is 0.0642 e. The molecular formula is C13H19NO2. The summed E-state index contributed by atoms with van der Waals surface area (Å²) in [7, 11) is 0. The van der Waals surface area contributed by atoms with Crippen LogP contribution in [-0.4, -0.2) is 38.0 Å². The molecule has 0 unspecified atom stereocenters. The Labute approximate surface area is 96.6 Å². The molecule has 0 bridgehead atoms. The lowest BCUT2D eigenvalue weighted by molar-refractivity contribution is 0.122. The van der Waals surface area contributed by atoms with Gasteiger partial charge in [0.2, 0.25) is 0 Å². The zero-order valence-corrected chi connectivity index (χ0v) is 9.78. The highest BCUT2D eigenvalue weighted by atomic mass is 16.5. The lowest BCUT2D eigenvalue weighted by Gasteiger charge is -2.30.